The maximum Gasteiger partial charge on any atom is 0.376 e. The normalized spacial score (nSPS) is 10.9. The molecule has 0 fully saturated rings. The van der Waals surface area contributed by atoms with Crippen LogP contribution < -0.4 is 0 Å². The number of furan rings is 1. The van der Waals surface area contributed by atoms with E-state index in [0.29, 0.717) is 5.56 Å². The second-order valence-electron chi connectivity index (χ2n) is 3.27. The van der Waals surface area contributed by atoms with E-state index in [0.717, 1.165) is 0 Å². The zero-order valence-corrected chi connectivity index (χ0v) is 9.35. The number of carbonyl (C=O) groups excluding carboxylic acids is 1. The molecule has 0 spiro atoms. The number of ether oxygens (including phenoxy) is 1. The Morgan fingerprint density at radius 2 is 2.33 bits per heavy atom. The van der Waals surface area contributed by atoms with Gasteiger partial charge in [-0.1, -0.05) is 0 Å². The molecule has 0 unspecified atom stereocenters. The van der Waals surface area contributed by atoms with Crippen LogP contribution in [-0.4, -0.2) is 17.6 Å². The molecule has 0 saturated carbocycles. The third-order valence-corrected chi connectivity index (χ3v) is 2.09. The van der Waals surface area contributed by atoms with Gasteiger partial charge in [0.25, 0.3) is 6.43 Å². The van der Waals surface area contributed by atoms with Gasteiger partial charge in [0.1, 0.15) is 6.26 Å². The van der Waals surface area contributed by atoms with Crippen molar-refractivity contribution < 1.29 is 27.1 Å². The summed E-state index contributed by atoms with van der Waals surface area (Å²) in [5.74, 6) is -1.65. The van der Waals surface area contributed by atoms with Gasteiger partial charge in [-0.3, -0.25) is 0 Å². The molecule has 2 rings (SSSR count). The van der Waals surface area contributed by atoms with E-state index >= 15 is 0 Å². The van der Waals surface area contributed by atoms with Crippen LogP contribution in [0.3, 0.4) is 0 Å². The fraction of sp³-hybridized carbons (Fsp3) is 0.273. The number of oxazole rings is 1. The van der Waals surface area contributed by atoms with E-state index < -0.39 is 23.8 Å². The predicted octanol–water partition coefficient (Wildman–Crippen LogP) is 3.05. The lowest BCUT2D eigenvalue weighted by Crippen LogP contribution is -2.06. The van der Waals surface area contributed by atoms with Gasteiger partial charge in [-0.2, -0.15) is 0 Å². The van der Waals surface area contributed by atoms with E-state index in [-0.39, 0.29) is 12.5 Å². The number of rotatable bonds is 4. The molecule has 2 aromatic heterocycles. The van der Waals surface area contributed by atoms with Crippen molar-refractivity contribution in [2.45, 2.75) is 13.3 Å². The number of hydrogen-bond acceptors (Lipinski definition) is 5. The summed E-state index contributed by atoms with van der Waals surface area (Å²) in [6, 6.07) is 1.48. The van der Waals surface area contributed by atoms with Crippen LogP contribution in [-0.2, 0) is 4.74 Å². The molecule has 0 saturated heterocycles. The SMILES string of the molecule is CCOC(=O)c1oc(-c2ccoc2)nc1C(F)F. The third kappa shape index (κ3) is 2.24. The number of esters is 1. The summed E-state index contributed by atoms with van der Waals surface area (Å²) in [6.45, 7) is 1.62. The number of halogens is 2. The maximum atomic E-state index is 12.7. The molecule has 96 valence electrons. The Kier molecular flexibility index (Phi) is 3.40. The molecule has 7 heteroatoms. The summed E-state index contributed by atoms with van der Waals surface area (Å²) in [4.78, 5) is 15.0. The molecule has 5 nitrogen and oxygen atoms in total. The highest BCUT2D eigenvalue weighted by molar-refractivity contribution is 5.88. The molecule has 0 aliphatic heterocycles. The molecule has 0 radical (unpaired) electrons. The Hall–Kier alpha value is -2.18. The van der Waals surface area contributed by atoms with Crippen LogP contribution in [0.1, 0.15) is 29.6 Å². The fourth-order valence-corrected chi connectivity index (χ4v) is 1.33. The van der Waals surface area contributed by atoms with Crippen molar-refractivity contribution in [2.24, 2.45) is 0 Å². The molecular weight excluding hydrogens is 248 g/mol. The first-order valence-corrected chi connectivity index (χ1v) is 5.12. The first-order valence-electron chi connectivity index (χ1n) is 5.12. The summed E-state index contributed by atoms with van der Waals surface area (Å²) < 4.78 is 39.9. The monoisotopic (exact) mass is 257 g/mol. The smallest absolute Gasteiger partial charge is 0.376 e. The topological polar surface area (TPSA) is 65.5 Å². The van der Waals surface area contributed by atoms with E-state index in [1.807, 2.05) is 0 Å². The summed E-state index contributed by atoms with van der Waals surface area (Å²) in [7, 11) is 0. The fourth-order valence-electron chi connectivity index (χ4n) is 1.33. The first-order chi connectivity index (χ1) is 8.63. The highest BCUT2D eigenvalue weighted by Gasteiger charge is 2.28. The van der Waals surface area contributed by atoms with Crippen molar-refractivity contribution in [3.63, 3.8) is 0 Å². The van der Waals surface area contributed by atoms with Crippen LogP contribution in [0.4, 0.5) is 8.78 Å². The molecule has 0 N–H and O–H groups in total. The van der Waals surface area contributed by atoms with Gasteiger partial charge < -0.3 is 13.6 Å². The lowest BCUT2D eigenvalue weighted by molar-refractivity contribution is 0.0476. The van der Waals surface area contributed by atoms with E-state index in [4.69, 9.17) is 8.83 Å². The van der Waals surface area contributed by atoms with Gasteiger partial charge in [-0.15, -0.1) is 0 Å². The molecule has 0 aliphatic rings. The summed E-state index contributed by atoms with van der Waals surface area (Å²) in [5, 5.41) is 0. The van der Waals surface area contributed by atoms with Crippen molar-refractivity contribution in [1.82, 2.24) is 4.98 Å². The highest BCUT2D eigenvalue weighted by Crippen LogP contribution is 2.28. The first kappa shape index (κ1) is 12.3. The van der Waals surface area contributed by atoms with Crippen molar-refractivity contribution in [1.29, 1.82) is 0 Å². The average molecular weight is 257 g/mol. The van der Waals surface area contributed by atoms with Gasteiger partial charge in [-0.05, 0) is 13.0 Å². The van der Waals surface area contributed by atoms with Gasteiger partial charge in [0.05, 0.1) is 18.4 Å². The minimum atomic E-state index is -2.92. The van der Waals surface area contributed by atoms with Crippen LogP contribution in [0.25, 0.3) is 11.5 Å². The largest absolute Gasteiger partial charge is 0.472 e. The molecular formula is C11H9F2NO4. The quantitative estimate of drug-likeness (QED) is 0.787. The van der Waals surface area contributed by atoms with Crippen molar-refractivity contribution in [3.8, 4) is 11.5 Å². The average Bonchev–Trinajstić information content (AvgIpc) is 2.98. The van der Waals surface area contributed by atoms with Crippen LogP contribution in [0, 0.1) is 0 Å². The Morgan fingerprint density at radius 1 is 1.56 bits per heavy atom. The lowest BCUT2D eigenvalue weighted by atomic mass is 10.3. The summed E-state index contributed by atoms with van der Waals surface area (Å²) in [5.41, 5.74) is -0.364. The van der Waals surface area contributed by atoms with Crippen molar-refractivity contribution in [3.05, 3.63) is 30.0 Å². The Labute approximate surface area is 100 Å². The zero-order chi connectivity index (χ0) is 13.1. The number of nitrogens with zero attached hydrogens (tertiary/aromatic N) is 1. The van der Waals surface area contributed by atoms with Crippen LogP contribution in [0.2, 0.25) is 0 Å². The van der Waals surface area contributed by atoms with Gasteiger partial charge in [0.15, 0.2) is 5.69 Å². The third-order valence-electron chi connectivity index (χ3n) is 2.09. The van der Waals surface area contributed by atoms with Crippen LogP contribution >= 0.6 is 0 Å². The van der Waals surface area contributed by atoms with E-state index in [2.05, 4.69) is 9.72 Å². The van der Waals surface area contributed by atoms with Gasteiger partial charge >= 0.3 is 5.97 Å². The molecule has 0 bridgehead atoms. The van der Waals surface area contributed by atoms with Crippen LogP contribution in [0.5, 0.6) is 0 Å². The Morgan fingerprint density at radius 3 is 2.89 bits per heavy atom. The lowest BCUT2D eigenvalue weighted by Gasteiger charge is -1.99. The van der Waals surface area contributed by atoms with Gasteiger partial charge in [-0.25, -0.2) is 18.6 Å². The second-order valence-corrected chi connectivity index (χ2v) is 3.27. The Balaban J connectivity index is 2.42. The number of hydrogen-bond donors (Lipinski definition) is 0. The van der Waals surface area contributed by atoms with Gasteiger partial charge in [0.2, 0.25) is 11.7 Å². The molecule has 0 amide bonds. The van der Waals surface area contributed by atoms with Gasteiger partial charge in [0, 0.05) is 0 Å². The van der Waals surface area contributed by atoms with E-state index in [1.54, 1.807) is 6.92 Å². The van der Waals surface area contributed by atoms with Crippen molar-refractivity contribution >= 4 is 5.97 Å². The maximum absolute atomic E-state index is 12.7. The molecule has 0 aromatic carbocycles. The van der Waals surface area contributed by atoms with E-state index in [1.165, 1.54) is 18.6 Å². The Bertz CT molecular complexity index is 533. The molecule has 2 heterocycles. The standard InChI is InChI=1S/C11H9F2NO4/c1-2-17-11(15)8-7(9(12)13)14-10(18-8)6-3-4-16-5-6/h3-5,9H,2H2,1H3. The molecule has 0 aliphatic carbocycles. The molecule has 18 heavy (non-hydrogen) atoms. The second kappa shape index (κ2) is 4.99. The number of alkyl halides is 2. The highest BCUT2D eigenvalue weighted by atomic mass is 19.3. The van der Waals surface area contributed by atoms with Crippen LogP contribution in [0.15, 0.2) is 27.4 Å². The number of aromatic nitrogens is 1. The van der Waals surface area contributed by atoms with E-state index in [9.17, 15) is 13.6 Å². The summed E-state index contributed by atoms with van der Waals surface area (Å²) >= 11 is 0. The molecule has 2 aromatic rings. The summed E-state index contributed by atoms with van der Waals surface area (Å²) in [6.07, 6.45) is -0.310. The minimum absolute atomic E-state index is 0.0588. The molecule has 0 atom stereocenters. The minimum Gasteiger partial charge on any atom is -0.472 e. The zero-order valence-electron chi connectivity index (χ0n) is 9.35. The predicted molar refractivity (Wildman–Crippen MR) is 55.1 cm³/mol. The van der Waals surface area contributed by atoms with Crippen molar-refractivity contribution in [2.75, 3.05) is 6.61 Å². The number of carbonyl (C=O) groups is 1.